The lowest BCUT2D eigenvalue weighted by Gasteiger charge is -2.15. The van der Waals surface area contributed by atoms with Crippen molar-refractivity contribution in [3.63, 3.8) is 0 Å². The second kappa shape index (κ2) is 8.61. The van der Waals surface area contributed by atoms with Gasteiger partial charge in [-0.25, -0.2) is 9.48 Å². The number of nitrogens with one attached hydrogen (secondary N) is 1. The molecule has 0 radical (unpaired) electrons. The number of aromatic nitrogens is 5. The van der Waals surface area contributed by atoms with Gasteiger partial charge in [0.1, 0.15) is 11.9 Å². The van der Waals surface area contributed by atoms with Gasteiger partial charge in [0, 0.05) is 11.6 Å². The number of H-pyrrole nitrogens is 1. The van der Waals surface area contributed by atoms with Gasteiger partial charge < -0.3 is 9.84 Å². The molecular weight excluding hydrogens is 422 g/mol. The van der Waals surface area contributed by atoms with E-state index in [4.69, 9.17) is 4.74 Å². The maximum Gasteiger partial charge on any atom is 0.330 e. The van der Waals surface area contributed by atoms with E-state index in [9.17, 15) is 14.7 Å². The molecule has 1 saturated heterocycles. The van der Waals surface area contributed by atoms with Gasteiger partial charge in [0.25, 0.3) is 5.56 Å². The maximum absolute atomic E-state index is 12.3. The summed E-state index contributed by atoms with van der Waals surface area (Å²) in [4.78, 5) is 27.0. The van der Waals surface area contributed by atoms with E-state index in [1.165, 1.54) is 10.8 Å². The molecule has 0 aliphatic carbocycles. The number of benzene rings is 2. The predicted molar refractivity (Wildman–Crippen MR) is 124 cm³/mol. The summed E-state index contributed by atoms with van der Waals surface area (Å²) in [6, 6.07) is 14.0. The number of hydrogen-bond donors (Lipinski definition) is 2. The highest BCUT2D eigenvalue weighted by molar-refractivity contribution is 5.90. The highest BCUT2D eigenvalue weighted by atomic mass is 16.5. The first-order valence-electron chi connectivity index (χ1n) is 10.7. The van der Waals surface area contributed by atoms with Crippen LogP contribution in [0.1, 0.15) is 30.8 Å². The van der Waals surface area contributed by atoms with Crippen molar-refractivity contribution in [2.45, 2.75) is 25.7 Å². The van der Waals surface area contributed by atoms with Crippen LogP contribution in [-0.2, 0) is 4.74 Å². The van der Waals surface area contributed by atoms with E-state index in [0.717, 1.165) is 16.5 Å². The fraction of sp³-hybridized carbons (Fsp3) is 0.250. The molecule has 1 fully saturated rings. The van der Waals surface area contributed by atoms with E-state index in [-0.39, 0.29) is 24.2 Å². The summed E-state index contributed by atoms with van der Waals surface area (Å²) in [5, 5.41) is 20.0. The number of ether oxygens (including phenoxy) is 1. The van der Waals surface area contributed by atoms with E-state index in [0.29, 0.717) is 12.1 Å². The van der Waals surface area contributed by atoms with E-state index < -0.39 is 17.5 Å². The lowest BCUT2D eigenvalue weighted by molar-refractivity contribution is -0.0313. The highest BCUT2D eigenvalue weighted by Crippen LogP contribution is 2.32. The first-order chi connectivity index (χ1) is 16.0. The summed E-state index contributed by atoms with van der Waals surface area (Å²) in [6.07, 6.45) is 6.20. The third-order valence-corrected chi connectivity index (χ3v) is 5.98. The van der Waals surface area contributed by atoms with Crippen LogP contribution in [0.15, 0.2) is 64.4 Å². The number of nitrogens with zero attached hydrogens (tertiary/aromatic N) is 4. The molecule has 168 valence electrons. The molecule has 9 nitrogen and oxygen atoms in total. The van der Waals surface area contributed by atoms with Gasteiger partial charge in [-0.3, -0.25) is 14.3 Å². The van der Waals surface area contributed by atoms with Crippen molar-refractivity contribution in [2.75, 3.05) is 6.61 Å². The number of rotatable bonds is 5. The number of aliphatic hydroxyl groups is 1. The Labute approximate surface area is 188 Å². The van der Waals surface area contributed by atoms with Gasteiger partial charge in [-0.2, -0.15) is 0 Å². The first-order valence-corrected chi connectivity index (χ1v) is 10.7. The van der Waals surface area contributed by atoms with Gasteiger partial charge in [0.05, 0.1) is 30.2 Å². The molecule has 2 aromatic carbocycles. The van der Waals surface area contributed by atoms with Crippen molar-refractivity contribution >= 4 is 22.9 Å². The third-order valence-electron chi connectivity index (χ3n) is 5.98. The molecule has 9 heteroatoms. The van der Waals surface area contributed by atoms with Crippen LogP contribution in [0.3, 0.4) is 0 Å². The highest BCUT2D eigenvalue weighted by Gasteiger charge is 2.33. The van der Waals surface area contributed by atoms with E-state index in [2.05, 4.69) is 15.3 Å². The van der Waals surface area contributed by atoms with Crippen LogP contribution in [0.25, 0.3) is 28.6 Å². The Morgan fingerprint density at radius 3 is 2.79 bits per heavy atom. The average Bonchev–Trinajstić information content (AvgIpc) is 3.44. The molecule has 4 aromatic rings. The summed E-state index contributed by atoms with van der Waals surface area (Å²) in [6.45, 7) is 1.84. The summed E-state index contributed by atoms with van der Waals surface area (Å²) in [5.41, 5.74) is 0.704. The van der Waals surface area contributed by atoms with Crippen LogP contribution >= 0.6 is 0 Å². The molecule has 2 N–H and O–H groups in total. The minimum Gasteiger partial charge on any atom is -0.394 e. The number of hydrogen-bond acceptors (Lipinski definition) is 6. The van der Waals surface area contributed by atoms with Crippen LogP contribution in [0.5, 0.6) is 0 Å². The Hall–Kier alpha value is -3.82. The normalized spacial score (nSPS) is 20.7. The van der Waals surface area contributed by atoms with Gasteiger partial charge in [-0.05, 0) is 35.9 Å². The topological polar surface area (TPSA) is 115 Å². The number of fused-ring (bicyclic) bond motifs is 1. The standard InChI is InChI=1S/C24H23N5O4/c1-15-11-22(33-21(15)14-30)28-12-17(23(31)25-24(28)32)9-10-18-13-29(27-26-18)20-8-4-6-16-5-2-3-7-19(16)20/h2-10,12-13,15,21-22,30H,11,14H2,1H3,(H,25,31,32)/b10-9+/t15-,21-,22-/m1/s1. The Morgan fingerprint density at radius 1 is 1.15 bits per heavy atom. The van der Waals surface area contributed by atoms with E-state index in [1.54, 1.807) is 23.0 Å². The zero-order valence-electron chi connectivity index (χ0n) is 18.0. The molecule has 0 amide bonds. The largest absolute Gasteiger partial charge is 0.394 e. The molecule has 0 spiro atoms. The number of aromatic amines is 1. The minimum absolute atomic E-state index is 0.0990. The van der Waals surface area contributed by atoms with Crippen molar-refractivity contribution < 1.29 is 9.84 Å². The number of aliphatic hydroxyl groups excluding tert-OH is 1. The fourth-order valence-electron chi connectivity index (χ4n) is 4.15. The third kappa shape index (κ3) is 4.04. The van der Waals surface area contributed by atoms with Crippen molar-refractivity contribution in [3.8, 4) is 5.69 Å². The molecule has 0 unspecified atom stereocenters. The molecule has 5 rings (SSSR count). The lowest BCUT2D eigenvalue weighted by Crippen LogP contribution is -2.33. The van der Waals surface area contributed by atoms with Crippen molar-refractivity contribution in [2.24, 2.45) is 5.92 Å². The minimum atomic E-state index is -0.546. The molecule has 2 aromatic heterocycles. The molecule has 33 heavy (non-hydrogen) atoms. The predicted octanol–water partition coefficient (Wildman–Crippen LogP) is 2.36. The van der Waals surface area contributed by atoms with Crippen LogP contribution in [-0.4, -0.2) is 42.4 Å². The molecule has 0 bridgehead atoms. The summed E-state index contributed by atoms with van der Waals surface area (Å²) >= 11 is 0. The van der Waals surface area contributed by atoms with E-state index in [1.807, 2.05) is 49.4 Å². The summed E-state index contributed by atoms with van der Waals surface area (Å²) in [7, 11) is 0. The Balaban J connectivity index is 1.43. The lowest BCUT2D eigenvalue weighted by atomic mass is 10.0. The molecule has 1 aliphatic rings. The van der Waals surface area contributed by atoms with Crippen molar-refractivity contribution in [1.82, 2.24) is 24.5 Å². The van der Waals surface area contributed by atoms with Crippen LogP contribution in [0, 0.1) is 5.92 Å². The second-order valence-electron chi connectivity index (χ2n) is 8.20. The van der Waals surface area contributed by atoms with Gasteiger partial charge in [0.15, 0.2) is 0 Å². The zero-order chi connectivity index (χ0) is 22.9. The first kappa shape index (κ1) is 21.0. The molecule has 3 atom stereocenters. The monoisotopic (exact) mass is 445 g/mol. The average molecular weight is 445 g/mol. The van der Waals surface area contributed by atoms with Crippen molar-refractivity contribution in [3.05, 3.63) is 87.0 Å². The molecule has 0 saturated carbocycles. The molecule has 3 heterocycles. The van der Waals surface area contributed by atoms with Gasteiger partial charge in [-0.1, -0.05) is 48.5 Å². The van der Waals surface area contributed by atoms with Gasteiger partial charge >= 0.3 is 5.69 Å². The van der Waals surface area contributed by atoms with Crippen molar-refractivity contribution in [1.29, 1.82) is 0 Å². The zero-order valence-corrected chi connectivity index (χ0v) is 18.0. The Bertz CT molecular complexity index is 1450. The molecule has 1 aliphatic heterocycles. The van der Waals surface area contributed by atoms with Gasteiger partial charge in [-0.15, -0.1) is 5.10 Å². The summed E-state index contributed by atoms with van der Waals surface area (Å²) in [5.74, 6) is 0.0990. The fourth-order valence-corrected chi connectivity index (χ4v) is 4.15. The maximum atomic E-state index is 12.3. The van der Waals surface area contributed by atoms with Crippen LogP contribution in [0.2, 0.25) is 0 Å². The van der Waals surface area contributed by atoms with Crippen LogP contribution in [0.4, 0.5) is 0 Å². The second-order valence-corrected chi connectivity index (χ2v) is 8.20. The van der Waals surface area contributed by atoms with E-state index >= 15 is 0 Å². The quantitative estimate of drug-likeness (QED) is 0.487. The SMILES string of the molecule is C[C@@H]1C[C@H](n2cc(/C=C/c3cn(-c4cccc5ccccc45)nn3)c(=O)[nH]c2=O)O[C@@H]1CO. The van der Waals surface area contributed by atoms with Gasteiger partial charge in [0.2, 0.25) is 0 Å². The Kier molecular flexibility index (Phi) is 5.49. The smallest absolute Gasteiger partial charge is 0.330 e. The summed E-state index contributed by atoms with van der Waals surface area (Å²) < 4.78 is 8.83. The molecular formula is C24H23N5O4. The Morgan fingerprint density at radius 2 is 1.97 bits per heavy atom. The van der Waals surface area contributed by atoms with Crippen LogP contribution < -0.4 is 11.2 Å².